The maximum Gasteiger partial charge on any atom is 0.307 e. The van der Waals surface area contributed by atoms with Crippen LogP contribution in [-0.2, 0) is 4.79 Å². The van der Waals surface area contributed by atoms with Gasteiger partial charge in [0.15, 0.2) is 0 Å². The zero-order chi connectivity index (χ0) is 7.84. The molecule has 2 bridgehead atoms. The SMILES string of the molecule is O=C(O)C1C2CCCC1CC2. The van der Waals surface area contributed by atoms with Crippen LogP contribution < -0.4 is 0 Å². The summed E-state index contributed by atoms with van der Waals surface area (Å²) in [5.74, 6) is 0.512. The molecule has 2 aliphatic rings. The van der Waals surface area contributed by atoms with Gasteiger partial charge in [-0.1, -0.05) is 6.42 Å². The van der Waals surface area contributed by atoms with Crippen LogP contribution in [-0.4, -0.2) is 11.1 Å². The van der Waals surface area contributed by atoms with Gasteiger partial charge >= 0.3 is 5.97 Å². The van der Waals surface area contributed by atoms with E-state index in [1.54, 1.807) is 0 Å². The first-order valence-electron chi connectivity index (χ1n) is 4.52. The van der Waals surface area contributed by atoms with Crippen LogP contribution in [0.5, 0.6) is 0 Å². The summed E-state index contributed by atoms with van der Waals surface area (Å²) in [4.78, 5) is 10.8. The molecule has 0 amide bonds. The average Bonchev–Trinajstić information content (AvgIpc) is 2.23. The summed E-state index contributed by atoms with van der Waals surface area (Å²) >= 11 is 0. The summed E-state index contributed by atoms with van der Waals surface area (Å²) in [6.07, 6.45) is 5.92. The highest BCUT2D eigenvalue weighted by Crippen LogP contribution is 2.46. The van der Waals surface area contributed by atoms with Crippen molar-refractivity contribution in [2.75, 3.05) is 0 Å². The Hall–Kier alpha value is -0.530. The molecule has 0 radical (unpaired) electrons. The van der Waals surface area contributed by atoms with Crippen molar-refractivity contribution in [3.05, 3.63) is 0 Å². The molecule has 2 unspecified atom stereocenters. The van der Waals surface area contributed by atoms with Crippen molar-refractivity contribution in [2.45, 2.75) is 32.1 Å². The van der Waals surface area contributed by atoms with Gasteiger partial charge in [-0.15, -0.1) is 0 Å². The lowest BCUT2D eigenvalue weighted by atomic mass is 9.79. The molecule has 1 N–H and O–H groups in total. The molecule has 11 heavy (non-hydrogen) atoms. The van der Waals surface area contributed by atoms with Gasteiger partial charge in [-0.25, -0.2) is 0 Å². The number of rotatable bonds is 1. The minimum atomic E-state index is -0.544. The normalized spacial score (nSPS) is 42.4. The van der Waals surface area contributed by atoms with E-state index in [4.69, 9.17) is 5.11 Å². The lowest BCUT2D eigenvalue weighted by molar-refractivity contribution is -0.145. The first-order chi connectivity index (χ1) is 5.29. The molecule has 2 atom stereocenters. The predicted octanol–water partition coefficient (Wildman–Crippen LogP) is 1.90. The quantitative estimate of drug-likeness (QED) is 0.626. The second-order valence-electron chi connectivity index (χ2n) is 3.89. The highest BCUT2D eigenvalue weighted by Gasteiger charge is 2.42. The first kappa shape index (κ1) is 7.14. The van der Waals surface area contributed by atoms with Crippen LogP contribution in [0, 0.1) is 17.8 Å². The molecule has 2 aliphatic carbocycles. The van der Waals surface area contributed by atoms with Crippen molar-refractivity contribution in [1.29, 1.82) is 0 Å². The molecule has 2 saturated carbocycles. The fourth-order valence-corrected chi connectivity index (χ4v) is 2.87. The molecular weight excluding hydrogens is 140 g/mol. The Morgan fingerprint density at radius 3 is 2.00 bits per heavy atom. The third-order valence-electron chi connectivity index (χ3n) is 3.36. The second-order valence-corrected chi connectivity index (χ2v) is 3.89. The van der Waals surface area contributed by atoms with E-state index in [9.17, 15) is 4.79 Å². The van der Waals surface area contributed by atoms with E-state index >= 15 is 0 Å². The molecule has 2 heteroatoms. The Balaban J connectivity index is 2.15. The van der Waals surface area contributed by atoms with Crippen molar-refractivity contribution in [3.63, 3.8) is 0 Å². The lowest BCUT2D eigenvalue weighted by Crippen LogP contribution is -2.27. The van der Waals surface area contributed by atoms with Gasteiger partial charge in [-0.3, -0.25) is 4.79 Å². The minimum Gasteiger partial charge on any atom is -0.481 e. The van der Waals surface area contributed by atoms with Crippen LogP contribution in [0.2, 0.25) is 0 Å². The summed E-state index contributed by atoms with van der Waals surface area (Å²) in [5.41, 5.74) is 0. The summed E-state index contributed by atoms with van der Waals surface area (Å²) in [6.45, 7) is 0. The third-order valence-corrected chi connectivity index (χ3v) is 3.36. The van der Waals surface area contributed by atoms with E-state index in [0.717, 1.165) is 12.8 Å². The van der Waals surface area contributed by atoms with Crippen LogP contribution >= 0.6 is 0 Å². The Labute approximate surface area is 66.6 Å². The van der Waals surface area contributed by atoms with E-state index in [2.05, 4.69) is 0 Å². The van der Waals surface area contributed by atoms with Gasteiger partial charge in [0, 0.05) is 0 Å². The van der Waals surface area contributed by atoms with E-state index in [0.29, 0.717) is 11.8 Å². The number of carboxylic acid groups (broad SMARTS) is 1. The fraction of sp³-hybridized carbons (Fsp3) is 0.889. The molecule has 2 fully saturated rings. The molecule has 2 nitrogen and oxygen atoms in total. The van der Waals surface area contributed by atoms with Gasteiger partial charge in [0.05, 0.1) is 5.92 Å². The Morgan fingerprint density at radius 1 is 1.09 bits per heavy atom. The monoisotopic (exact) mass is 154 g/mol. The lowest BCUT2D eigenvalue weighted by Gasteiger charge is -2.25. The smallest absolute Gasteiger partial charge is 0.307 e. The van der Waals surface area contributed by atoms with Gasteiger partial charge in [0.25, 0.3) is 0 Å². The van der Waals surface area contributed by atoms with E-state index in [-0.39, 0.29) is 5.92 Å². The fourth-order valence-electron chi connectivity index (χ4n) is 2.87. The van der Waals surface area contributed by atoms with Gasteiger partial charge in [0.1, 0.15) is 0 Å². The van der Waals surface area contributed by atoms with Crippen molar-refractivity contribution >= 4 is 5.97 Å². The minimum absolute atomic E-state index is 0.0174. The molecule has 0 aromatic heterocycles. The molecule has 0 aromatic rings. The zero-order valence-electron chi connectivity index (χ0n) is 6.62. The van der Waals surface area contributed by atoms with Gasteiger partial charge in [0.2, 0.25) is 0 Å². The highest BCUT2D eigenvalue weighted by atomic mass is 16.4. The largest absolute Gasteiger partial charge is 0.481 e. The molecule has 0 aliphatic heterocycles. The van der Waals surface area contributed by atoms with Crippen LogP contribution in [0.25, 0.3) is 0 Å². The summed E-state index contributed by atoms with van der Waals surface area (Å²) in [7, 11) is 0. The van der Waals surface area contributed by atoms with Gasteiger partial charge in [-0.2, -0.15) is 0 Å². The number of hydrogen-bond donors (Lipinski definition) is 1. The summed E-state index contributed by atoms with van der Waals surface area (Å²) < 4.78 is 0. The zero-order valence-corrected chi connectivity index (χ0v) is 6.62. The Morgan fingerprint density at radius 2 is 1.64 bits per heavy atom. The maximum atomic E-state index is 10.8. The molecule has 0 saturated heterocycles. The summed E-state index contributed by atoms with van der Waals surface area (Å²) in [6, 6.07) is 0. The maximum absolute atomic E-state index is 10.8. The molecule has 0 heterocycles. The Bertz CT molecular complexity index is 160. The van der Waals surface area contributed by atoms with E-state index in [1.165, 1.54) is 19.3 Å². The third kappa shape index (κ3) is 1.05. The first-order valence-corrected chi connectivity index (χ1v) is 4.52. The van der Waals surface area contributed by atoms with Crippen molar-refractivity contribution < 1.29 is 9.90 Å². The average molecular weight is 154 g/mol. The number of carbonyl (C=O) groups is 1. The van der Waals surface area contributed by atoms with Gasteiger partial charge < -0.3 is 5.11 Å². The Kier molecular flexibility index (Phi) is 1.63. The number of aliphatic carboxylic acids is 1. The van der Waals surface area contributed by atoms with Gasteiger partial charge in [-0.05, 0) is 37.5 Å². The molecule has 62 valence electrons. The van der Waals surface area contributed by atoms with E-state index < -0.39 is 5.97 Å². The van der Waals surface area contributed by atoms with Crippen molar-refractivity contribution in [2.24, 2.45) is 17.8 Å². The highest BCUT2D eigenvalue weighted by molar-refractivity contribution is 5.71. The topological polar surface area (TPSA) is 37.3 Å². The van der Waals surface area contributed by atoms with Crippen LogP contribution in [0.3, 0.4) is 0 Å². The van der Waals surface area contributed by atoms with Crippen molar-refractivity contribution in [1.82, 2.24) is 0 Å². The second kappa shape index (κ2) is 2.50. The number of fused-ring (bicyclic) bond motifs is 2. The number of carboxylic acids is 1. The molecule has 0 aromatic carbocycles. The number of hydrogen-bond acceptors (Lipinski definition) is 1. The van der Waals surface area contributed by atoms with Crippen molar-refractivity contribution in [3.8, 4) is 0 Å². The predicted molar refractivity (Wildman–Crippen MR) is 41.2 cm³/mol. The van der Waals surface area contributed by atoms with Crippen LogP contribution in [0.4, 0.5) is 0 Å². The molecule has 0 spiro atoms. The van der Waals surface area contributed by atoms with Crippen LogP contribution in [0.15, 0.2) is 0 Å². The van der Waals surface area contributed by atoms with Crippen LogP contribution in [0.1, 0.15) is 32.1 Å². The molecular formula is C9H14O2. The molecule has 2 rings (SSSR count). The summed E-state index contributed by atoms with van der Waals surface area (Å²) in [5, 5.41) is 8.92. The van der Waals surface area contributed by atoms with E-state index in [1.807, 2.05) is 0 Å². The standard InChI is InChI=1S/C9H14O2/c10-9(11)8-6-2-1-3-7(8)5-4-6/h6-8H,1-5H2,(H,10,11).